The van der Waals surface area contributed by atoms with Crippen LogP contribution in [0.25, 0.3) is 0 Å². The van der Waals surface area contributed by atoms with Crippen molar-refractivity contribution < 1.29 is 18.8 Å². The quantitative estimate of drug-likeness (QED) is 0.521. The third-order valence-corrected chi connectivity index (χ3v) is 6.68. The normalized spacial score (nSPS) is 14.6. The summed E-state index contributed by atoms with van der Waals surface area (Å²) in [5, 5.41) is 7.59. The first-order valence-corrected chi connectivity index (χ1v) is 12.0. The summed E-state index contributed by atoms with van der Waals surface area (Å²) in [6.45, 7) is 1.63. The monoisotopic (exact) mass is 465 g/mol. The van der Waals surface area contributed by atoms with Crippen LogP contribution in [0.1, 0.15) is 52.7 Å². The van der Waals surface area contributed by atoms with Gasteiger partial charge in [-0.1, -0.05) is 37.1 Å². The highest BCUT2D eigenvalue weighted by atomic mass is 32.1. The Morgan fingerprint density at radius 2 is 1.88 bits per heavy atom. The van der Waals surface area contributed by atoms with E-state index in [0.717, 1.165) is 31.2 Å². The van der Waals surface area contributed by atoms with Crippen molar-refractivity contribution in [2.75, 3.05) is 11.4 Å². The molecular weight excluding hydrogens is 438 g/mol. The molecule has 1 atom stereocenters. The summed E-state index contributed by atoms with van der Waals surface area (Å²) >= 11 is 1.30. The van der Waals surface area contributed by atoms with Gasteiger partial charge in [0.25, 0.3) is 11.8 Å². The van der Waals surface area contributed by atoms with Gasteiger partial charge >= 0.3 is 0 Å². The number of nitrogens with one attached hydrogen (secondary N) is 2. The second-order valence-corrected chi connectivity index (χ2v) is 9.07. The van der Waals surface area contributed by atoms with Crippen LogP contribution in [0, 0.1) is 6.92 Å². The summed E-state index contributed by atoms with van der Waals surface area (Å²) in [6, 6.07) is 13.3. The molecule has 4 rings (SSSR count). The number of carbonyl (C=O) groups excluding carboxylic acids is 3. The fourth-order valence-corrected chi connectivity index (χ4v) is 4.80. The molecule has 3 amide bonds. The number of benzene rings is 1. The van der Waals surface area contributed by atoms with E-state index in [-0.39, 0.29) is 24.4 Å². The Kier molecular flexibility index (Phi) is 7.24. The zero-order chi connectivity index (χ0) is 23.2. The Morgan fingerprint density at radius 1 is 1.09 bits per heavy atom. The standard InChI is InChI=1S/C25H27N3O4S/c1-17-8-2-5-11-19(17)28(22(29)16-26-24(30)21-13-7-15-33-21)23(20-12-6-14-32-20)25(31)27-18-9-3-4-10-18/h2,5-8,11-15,18,23H,3-4,9-10,16H2,1H3,(H,26,30)(H,27,31)/t23-/m1/s1. The average Bonchev–Trinajstić information content (AvgIpc) is 3.59. The van der Waals surface area contributed by atoms with Crippen molar-refractivity contribution in [1.82, 2.24) is 10.6 Å². The van der Waals surface area contributed by atoms with Crippen molar-refractivity contribution in [1.29, 1.82) is 0 Å². The van der Waals surface area contributed by atoms with Crippen LogP contribution < -0.4 is 15.5 Å². The number of rotatable bonds is 8. The molecule has 2 aromatic heterocycles. The van der Waals surface area contributed by atoms with E-state index in [9.17, 15) is 14.4 Å². The summed E-state index contributed by atoms with van der Waals surface area (Å²) in [4.78, 5) is 41.4. The van der Waals surface area contributed by atoms with Crippen molar-refractivity contribution in [3.05, 3.63) is 76.4 Å². The first-order chi connectivity index (χ1) is 16.0. The summed E-state index contributed by atoms with van der Waals surface area (Å²) in [5.41, 5.74) is 1.43. The molecule has 1 aliphatic carbocycles. The number of carbonyl (C=O) groups is 3. The van der Waals surface area contributed by atoms with Gasteiger partial charge in [-0.25, -0.2) is 0 Å². The topological polar surface area (TPSA) is 91.7 Å². The molecule has 8 heteroatoms. The maximum atomic E-state index is 13.5. The van der Waals surface area contributed by atoms with Crippen molar-refractivity contribution >= 4 is 34.7 Å². The van der Waals surface area contributed by atoms with Gasteiger partial charge < -0.3 is 15.1 Å². The first kappa shape index (κ1) is 22.8. The highest BCUT2D eigenvalue weighted by Gasteiger charge is 2.36. The summed E-state index contributed by atoms with van der Waals surface area (Å²) in [5.74, 6) is -0.657. The maximum absolute atomic E-state index is 13.5. The molecule has 1 saturated carbocycles. The van der Waals surface area contributed by atoms with E-state index in [1.54, 1.807) is 35.7 Å². The van der Waals surface area contributed by atoms with Gasteiger partial charge in [-0.3, -0.25) is 19.3 Å². The number of furan rings is 1. The van der Waals surface area contributed by atoms with Gasteiger partial charge in [0.1, 0.15) is 5.76 Å². The zero-order valence-corrected chi connectivity index (χ0v) is 19.3. The number of amides is 3. The van der Waals surface area contributed by atoms with Gasteiger partial charge in [0.2, 0.25) is 5.91 Å². The SMILES string of the molecule is Cc1ccccc1N(C(=O)CNC(=O)c1cccs1)[C@@H](C(=O)NC1CCCC1)c1ccco1. The van der Waals surface area contributed by atoms with Gasteiger partial charge in [-0.15, -0.1) is 11.3 Å². The van der Waals surface area contributed by atoms with E-state index in [2.05, 4.69) is 10.6 Å². The van der Waals surface area contributed by atoms with Gasteiger partial charge in [0.05, 0.1) is 17.7 Å². The third kappa shape index (κ3) is 5.34. The van der Waals surface area contributed by atoms with Crippen molar-refractivity contribution in [2.45, 2.75) is 44.7 Å². The molecule has 2 N–H and O–H groups in total. The molecule has 0 spiro atoms. The number of aryl methyl sites for hydroxylation is 1. The molecule has 3 aromatic rings. The van der Waals surface area contributed by atoms with Gasteiger partial charge in [0, 0.05) is 11.7 Å². The van der Waals surface area contributed by atoms with Crippen molar-refractivity contribution in [2.24, 2.45) is 0 Å². The van der Waals surface area contributed by atoms with E-state index < -0.39 is 11.9 Å². The fraction of sp³-hybridized carbons (Fsp3) is 0.320. The Hall–Kier alpha value is -3.39. The molecule has 0 radical (unpaired) electrons. The summed E-state index contributed by atoms with van der Waals surface area (Å²) in [6.07, 6.45) is 5.49. The summed E-state index contributed by atoms with van der Waals surface area (Å²) < 4.78 is 5.62. The second-order valence-electron chi connectivity index (χ2n) is 8.12. The molecule has 1 aromatic carbocycles. The molecular formula is C25H27N3O4S. The number of hydrogen-bond donors (Lipinski definition) is 2. The lowest BCUT2D eigenvalue weighted by molar-refractivity contribution is -0.127. The second kappa shape index (κ2) is 10.5. The van der Waals surface area contributed by atoms with E-state index >= 15 is 0 Å². The van der Waals surface area contributed by atoms with E-state index in [4.69, 9.17) is 4.42 Å². The highest BCUT2D eigenvalue weighted by molar-refractivity contribution is 7.12. The smallest absolute Gasteiger partial charge is 0.261 e. The molecule has 1 aliphatic rings. The largest absolute Gasteiger partial charge is 0.467 e. The predicted molar refractivity (Wildman–Crippen MR) is 127 cm³/mol. The molecule has 0 unspecified atom stereocenters. The van der Waals surface area contributed by atoms with Gasteiger partial charge in [-0.05, 0) is 55.0 Å². The maximum Gasteiger partial charge on any atom is 0.261 e. The fourth-order valence-electron chi connectivity index (χ4n) is 4.16. The Bertz CT molecular complexity index is 1090. The number of thiophene rings is 1. The Morgan fingerprint density at radius 3 is 2.55 bits per heavy atom. The molecule has 1 fully saturated rings. The van der Waals surface area contributed by atoms with Crippen LogP contribution in [0.3, 0.4) is 0 Å². The summed E-state index contributed by atoms with van der Waals surface area (Å²) in [7, 11) is 0. The lowest BCUT2D eigenvalue weighted by Crippen LogP contribution is -2.49. The van der Waals surface area contributed by atoms with Crippen LogP contribution in [-0.4, -0.2) is 30.3 Å². The molecule has 0 saturated heterocycles. The third-order valence-electron chi connectivity index (χ3n) is 5.81. The molecule has 0 bridgehead atoms. The minimum atomic E-state index is -0.993. The van der Waals surface area contributed by atoms with Crippen LogP contribution >= 0.6 is 11.3 Å². The van der Waals surface area contributed by atoms with Crippen molar-refractivity contribution in [3.63, 3.8) is 0 Å². The van der Waals surface area contributed by atoms with Crippen LogP contribution in [0.2, 0.25) is 0 Å². The zero-order valence-electron chi connectivity index (χ0n) is 18.5. The minimum absolute atomic E-state index is 0.0855. The molecule has 172 valence electrons. The van der Waals surface area contributed by atoms with Crippen LogP contribution in [0.4, 0.5) is 5.69 Å². The lowest BCUT2D eigenvalue weighted by atomic mass is 10.1. The number of hydrogen-bond acceptors (Lipinski definition) is 5. The lowest BCUT2D eigenvalue weighted by Gasteiger charge is -2.32. The van der Waals surface area contributed by atoms with Gasteiger partial charge in [-0.2, -0.15) is 0 Å². The number of para-hydroxylation sites is 1. The van der Waals surface area contributed by atoms with Crippen LogP contribution in [0.5, 0.6) is 0 Å². The molecule has 0 aliphatic heterocycles. The van der Waals surface area contributed by atoms with E-state index in [0.29, 0.717) is 16.3 Å². The minimum Gasteiger partial charge on any atom is -0.467 e. The van der Waals surface area contributed by atoms with Crippen LogP contribution in [0.15, 0.2) is 64.6 Å². The molecule has 33 heavy (non-hydrogen) atoms. The number of anilines is 1. The number of nitrogens with zero attached hydrogens (tertiary/aromatic N) is 1. The van der Waals surface area contributed by atoms with Crippen molar-refractivity contribution in [3.8, 4) is 0 Å². The Labute approximate surface area is 196 Å². The predicted octanol–water partition coefficient (Wildman–Crippen LogP) is 4.21. The van der Waals surface area contributed by atoms with Gasteiger partial charge in [0.15, 0.2) is 6.04 Å². The van der Waals surface area contributed by atoms with E-state index in [1.165, 1.54) is 22.5 Å². The van der Waals surface area contributed by atoms with E-state index in [1.807, 2.05) is 25.1 Å². The molecule has 2 heterocycles. The van der Waals surface area contributed by atoms with Crippen LogP contribution in [-0.2, 0) is 9.59 Å². The Balaban J connectivity index is 1.65. The first-order valence-electron chi connectivity index (χ1n) is 11.1. The average molecular weight is 466 g/mol. The highest BCUT2D eigenvalue weighted by Crippen LogP contribution is 2.31. The molecule has 7 nitrogen and oxygen atoms in total.